The lowest BCUT2D eigenvalue weighted by Crippen LogP contribution is -2.47. The molecule has 0 spiro atoms. The Labute approximate surface area is 423 Å². The molecule has 0 atom stereocenters. The van der Waals surface area contributed by atoms with Crippen molar-refractivity contribution in [3.8, 4) is 0 Å². The third-order valence-corrected chi connectivity index (χ3v) is 15.5. The van der Waals surface area contributed by atoms with Crippen LogP contribution in [0.5, 0.6) is 0 Å². The quantitative estimate of drug-likeness (QED) is 0.106. The summed E-state index contributed by atoms with van der Waals surface area (Å²) in [7, 11) is -6.39. The summed E-state index contributed by atoms with van der Waals surface area (Å²) in [5, 5.41) is 40.6. The maximum absolute atomic E-state index is 12.7. The number of nitrogens with one attached hydrogen (secondary N) is 3. The molecule has 3 saturated heterocycles. The first-order chi connectivity index (χ1) is 33.3. The normalized spacial score (nSPS) is 16.7. The third kappa shape index (κ3) is 20.5. The molecule has 3 aromatic carbocycles. The number of rotatable bonds is 10. The minimum atomic E-state index is -3.89. The van der Waals surface area contributed by atoms with Crippen molar-refractivity contribution in [1.29, 1.82) is 0 Å². The fraction of sp³-hybridized carbons (Fsp3) is 0.535. The van der Waals surface area contributed by atoms with Crippen molar-refractivity contribution < 1.29 is 59.1 Å². The highest BCUT2D eigenvalue weighted by molar-refractivity contribution is 8.13. The van der Waals surface area contributed by atoms with Crippen LogP contribution in [0, 0.1) is 30.3 Å². The molecule has 5 N–H and O–H groups in total. The third-order valence-electron chi connectivity index (χ3n) is 10.4. The molecule has 72 heavy (non-hydrogen) atoms. The molecule has 0 bridgehead atoms. The summed E-state index contributed by atoms with van der Waals surface area (Å²) in [5.41, 5.74) is 3.92. The number of benzene rings is 3. The largest absolute Gasteiger partial charge is 0.444 e. The number of sulfonamides is 2. The minimum absolute atomic E-state index is 0.0246. The van der Waals surface area contributed by atoms with Gasteiger partial charge in [-0.2, -0.15) is 8.61 Å². The fourth-order valence-electron chi connectivity index (χ4n) is 6.83. The van der Waals surface area contributed by atoms with Gasteiger partial charge in [-0.05, 0) is 111 Å². The molecule has 3 fully saturated rings. The molecule has 6 rings (SSSR count). The molecule has 0 aromatic heterocycles. The fourth-order valence-corrected chi connectivity index (χ4v) is 10.6. The summed E-state index contributed by atoms with van der Waals surface area (Å²) < 4.78 is 84.5. The second kappa shape index (κ2) is 26.4. The number of nitrogens with zero attached hydrogens (tertiary/aromatic N) is 5. The van der Waals surface area contributed by atoms with E-state index in [9.17, 15) is 65.2 Å². The Morgan fingerprint density at radius 3 is 1.25 bits per heavy atom. The number of amides is 2. The minimum Gasteiger partial charge on any atom is -0.444 e. The molecule has 0 radical (unpaired) electrons. The first-order valence-corrected chi connectivity index (χ1v) is 27.6. The molecule has 0 saturated carbocycles. The Morgan fingerprint density at radius 2 is 0.917 bits per heavy atom. The van der Waals surface area contributed by atoms with Crippen molar-refractivity contribution in [2.45, 2.75) is 124 Å². The maximum atomic E-state index is 12.7. The summed E-state index contributed by atoms with van der Waals surface area (Å²) in [6.45, 7) is 14.0. The number of hydrogen-bond acceptors (Lipinski definition) is 18. The van der Waals surface area contributed by atoms with Crippen LogP contribution in [0.25, 0.3) is 0 Å². The predicted octanol–water partition coefficient (Wildman–Crippen LogP) is 5.76. The standard InChI is InChI=1S/C16H23N3O6S.C11H15N3O4S.C10H20N2O2.C6H4ClNO4S/c1-16(2,3)25-15(20)17-12-7-9-18(10-8-12)26(23,24)14-6-4-5-13(11-14)19(21)22;12-9-4-6-13(7-5-9)19(17,18)11-3-1-2-10(8-11)14(15)16;1-10(2,3)14-9(13)12-8-4-6-11-7-5-8;7-13(11,12)6-3-1-2-5(4-6)8(9)10/h4-6,11-12H,7-10H2,1-3H3,(H,17,20);1-3,8-9H,4-7,12H2;8,11H,4-7H2,1-3H3,(H,12,13);1-4H. The average molecular weight is 1090 g/mol. The van der Waals surface area contributed by atoms with E-state index in [0.717, 1.165) is 44.1 Å². The predicted molar refractivity (Wildman–Crippen MR) is 265 cm³/mol. The summed E-state index contributed by atoms with van der Waals surface area (Å²) in [5.74, 6) is 0. The van der Waals surface area contributed by atoms with Gasteiger partial charge in [-0.3, -0.25) is 30.3 Å². The highest BCUT2D eigenvalue weighted by Gasteiger charge is 2.32. The number of carbonyl (C=O) groups excluding carboxylic acids is 2. The second-order valence-electron chi connectivity index (χ2n) is 18.4. The van der Waals surface area contributed by atoms with Gasteiger partial charge in [0.15, 0.2) is 0 Å². The number of non-ortho nitro benzene ring substituents is 3. The summed E-state index contributed by atoms with van der Waals surface area (Å²) in [4.78, 5) is 52.6. The lowest BCUT2D eigenvalue weighted by Gasteiger charge is -2.32. The lowest BCUT2D eigenvalue weighted by molar-refractivity contribution is -0.385. The molecule has 2 amide bonds. The molecule has 3 aromatic rings. The van der Waals surface area contributed by atoms with Gasteiger partial charge in [-0.1, -0.05) is 18.2 Å². The van der Waals surface area contributed by atoms with Gasteiger partial charge in [0.2, 0.25) is 20.0 Å². The van der Waals surface area contributed by atoms with Crippen LogP contribution < -0.4 is 21.7 Å². The van der Waals surface area contributed by atoms with Gasteiger partial charge in [-0.25, -0.2) is 34.8 Å². The molecule has 25 nitrogen and oxygen atoms in total. The first kappa shape index (κ1) is 60.7. The van der Waals surface area contributed by atoms with E-state index in [4.69, 9.17) is 25.9 Å². The molecule has 29 heteroatoms. The zero-order chi connectivity index (χ0) is 54.2. The van der Waals surface area contributed by atoms with Crippen LogP contribution in [0.3, 0.4) is 0 Å². The lowest BCUT2D eigenvalue weighted by atomic mass is 10.1. The number of nitrogens with two attached hydrogens (primary N) is 1. The van der Waals surface area contributed by atoms with Crippen molar-refractivity contribution in [3.05, 3.63) is 103 Å². The van der Waals surface area contributed by atoms with Gasteiger partial charge < -0.3 is 31.2 Å². The Bertz CT molecular complexity index is 2700. The maximum Gasteiger partial charge on any atom is 0.407 e. The average Bonchev–Trinajstić information content (AvgIpc) is 3.29. The zero-order valence-electron chi connectivity index (χ0n) is 40.6. The summed E-state index contributed by atoms with van der Waals surface area (Å²) in [6.07, 6.45) is 3.23. The summed E-state index contributed by atoms with van der Waals surface area (Å²) in [6, 6.07) is 14.7. The second-order valence-corrected chi connectivity index (χ2v) is 24.9. The molecule has 3 aliphatic rings. The van der Waals surface area contributed by atoms with E-state index >= 15 is 0 Å². The van der Waals surface area contributed by atoms with E-state index in [1.54, 1.807) is 20.8 Å². The van der Waals surface area contributed by atoms with Gasteiger partial charge in [0, 0.05) is 91.4 Å². The van der Waals surface area contributed by atoms with Gasteiger partial charge in [0.25, 0.3) is 26.1 Å². The van der Waals surface area contributed by atoms with E-state index in [1.807, 2.05) is 20.8 Å². The SMILES string of the molecule is CC(C)(C)OC(=O)NC1CCN(S(=O)(=O)c2cccc([N+](=O)[O-])c2)CC1.CC(C)(C)OC(=O)NC1CCNCC1.NC1CCN(S(=O)(=O)c2cccc([N+](=O)[O-])c2)CC1.O=[N+]([O-])c1cccc(S(=O)(=O)Cl)c1. The van der Waals surface area contributed by atoms with Crippen LogP contribution in [-0.4, -0.2) is 129 Å². The van der Waals surface area contributed by atoms with Crippen molar-refractivity contribution >= 4 is 69.0 Å². The van der Waals surface area contributed by atoms with Crippen LogP contribution in [0.15, 0.2) is 87.5 Å². The number of nitro benzene ring substituents is 3. The topological polar surface area (TPSA) is 353 Å². The van der Waals surface area contributed by atoms with E-state index in [-0.39, 0.29) is 69.1 Å². The van der Waals surface area contributed by atoms with Gasteiger partial charge in [0.05, 0.1) is 29.5 Å². The number of ether oxygens (including phenoxy) is 2. The number of piperidine rings is 3. The van der Waals surface area contributed by atoms with E-state index in [2.05, 4.69) is 16.0 Å². The molecule has 3 heterocycles. The molecular weight excluding hydrogens is 1030 g/mol. The molecule has 0 unspecified atom stereocenters. The summed E-state index contributed by atoms with van der Waals surface area (Å²) >= 11 is 0. The van der Waals surface area contributed by atoms with Crippen molar-refractivity contribution in [3.63, 3.8) is 0 Å². The van der Waals surface area contributed by atoms with E-state index in [1.165, 1.54) is 63.2 Å². The molecular formula is C43H62ClN9O16S3. The van der Waals surface area contributed by atoms with E-state index in [0.29, 0.717) is 38.8 Å². The van der Waals surface area contributed by atoms with Crippen molar-refractivity contribution in [1.82, 2.24) is 24.6 Å². The Balaban J connectivity index is 0.000000264. The van der Waals surface area contributed by atoms with Crippen LogP contribution >= 0.6 is 10.7 Å². The van der Waals surface area contributed by atoms with Crippen molar-refractivity contribution in [2.75, 3.05) is 39.3 Å². The molecule has 400 valence electrons. The highest BCUT2D eigenvalue weighted by Crippen LogP contribution is 2.26. The first-order valence-electron chi connectivity index (χ1n) is 22.4. The number of nitro groups is 3. The number of hydrogen-bond donors (Lipinski definition) is 4. The number of halogens is 1. The van der Waals surface area contributed by atoms with Gasteiger partial charge >= 0.3 is 12.2 Å². The monoisotopic (exact) mass is 1090 g/mol. The van der Waals surface area contributed by atoms with Gasteiger partial charge in [-0.15, -0.1) is 0 Å². The van der Waals surface area contributed by atoms with E-state index < -0.39 is 61.2 Å². The molecule has 0 aliphatic carbocycles. The van der Waals surface area contributed by atoms with Crippen LogP contribution in [0.4, 0.5) is 26.7 Å². The number of alkyl carbamates (subject to hydrolysis) is 2. The van der Waals surface area contributed by atoms with Crippen LogP contribution in [0.2, 0.25) is 0 Å². The van der Waals surface area contributed by atoms with Gasteiger partial charge in [0.1, 0.15) is 11.2 Å². The zero-order valence-corrected chi connectivity index (χ0v) is 43.8. The Morgan fingerprint density at radius 1 is 0.597 bits per heavy atom. The number of carbonyl (C=O) groups is 2. The highest BCUT2D eigenvalue weighted by atomic mass is 35.7. The molecule has 3 aliphatic heterocycles. The van der Waals surface area contributed by atoms with Crippen molar-refractivity contribution in [2.24, 2.45) is 5.73 Å². The Hall–Kier alpha value is -5.62. The smallest absolute Gasteiger partial charge is 0.407 e. The van der Waals surface area contributed by atoms with Crippen LogP contribution in [-0.2, 0) is 38.6 Å². The van der Waals surface area contributed by atoms with Crippen LogP contribution in [0.1, 0.15) is 80.1 Å². The Kier molecular flexibility index (Phi) is 22.2.